The van der Waals surface area contributed by atoms with E-state index in [0.717, 1.165) is 10.9 Å². The molecule has 0 radical (unpaired) electrons. The van der Waals surface area contributed by atoms with E-state index in [4.69, 9.17) is 23.2 Å². The molecular weight excluding hydrogens is 599 g/mol. The molecular formula is C33H30Cl2N6O3. The number of pyridine rings is 1. The predicted octanol–water partition coefficient (Wildman–Crippen LogP) is 5.41. The first-order valence-electron chi connectivity index (χ1n) is 14.2. The molecule has 2 aliphatic heterocycles. The number of nitrogens with zero attached hydrogens (tertiary/aromatic N) is 5. The number of nitrogens with one attached hydrogen (secondary N) is 1. The number of halogens is 2. The smallest absolute Gasteiger partial charge is 0.332 e. The van der Waals surface area contributed by atoms with E-state index < -0.39 is 12.2 Å². The van der Waals surface area contributed by atoms with Crippen LogP contribution in [-0.4, -0.2) is 68.4 Å². The average Bonchev–Trinajstić information content (AvgIpc) is 3.36. The van der Waals surface area contributed by atoms with E-state index in [-0.39, 0.29) is 44.0 Å². The average molecular weight is 630 g/mol. The van der Waals surface area contributed by atoms with Crippen LogP contribution in [0.15, 0.2) is 97.7 Å². The van der Waals surface area contributed by atoms with Crippen molar-refractivity contribution in [2.24, 2.45) is 0 Å². The van der Waals surface area contributed by atoms with E-state index in [1.54, 1.807) is 39.2 Å². The SMILES string of the molecule is C=CCN(C(=O)NCc1ccccc1)N1CC(=O)N2[C@@H](c3ccccc3)C(=O)N(Cc3c(Cl)cc(Cl)c4cccnc34)C[C@@H]21. The number of rotatable bonds is 8. The van der Waals surface area contributed by atoms with Crippen molar-refractivity contribution in [2.75, 3.05) is 19.6 Å². The number of carbonyl (C=O) groups is 3. The Hall–Kier alpha value is -4.44. The van der Waals surface area contributed by atoms with E-state index in [9.17, 15) is 14.4 Å². The van der Waals surface area contributed by atoms with Gasteiger partial charge in [0.1, 0.15) is 12.2 Å². The van der Waals surface area contributed by atoms with Gasteiger partial charge in [-0.25, -0.2) is 4.79 Å². The maximum atomic E-state index is 14.2. The first kappa shape index (κ1) is 29.6. The molecule has 2 saturated heterocycles. The molecule has 9 nitrogen and oxygen atoms in total. The van der Waals surface area contributed by atoms with E-state index in [1.165, 1.54) is 5.01 Å². The summed E-state index contributed by atoms with van der Waals surface area (Å²) in [5.41, 5.74) is 2.87. The molecule has 0 unspecified atom stereocenters. The number of hydrogen-bond donors (Lipinski definition) is 1. The molecule has 0 aliphatic carbocycles. The molecule has 3 aromatic carbocycles. The van der Waals surface area contributed by atoms with Gasteiger partial charge in [-0.15, -0.1) is 6.58 Å². The van der Waals surface area contributed by atoms with Gasteiger partial charge in [-0.05, 0) is 29.3 Å². The number of benzene rings is 3. The highest BCUT2D eigenvalue weighted by molar-refractivity contribution is 6.39. The van der Waals surface area contributed by atoms with Crippen molar-refractivity contribution < 1.29 is 14.4 Å². The van der Waals surface area contributed by atoms with Crippen LogP contribution in [0.2, 0.25) is 10.0 Å². The minimum atomic E-state index is -0.893. The molecule has 0 spiro atoms. The zero-order valence-corrected chi connectivity index (χ0v) is 25.3. The Labute approximate surface area is 265 Å². The minimum Gasteiger partial charge on any atom is -0.333 e. The zero-order valence-electron chi connectivity index (χ0n) is 23.8. The summed E-state index contributed by atoms with van der Waals surface area (Å²) < 4.78 is 0. The molecule has 44 heavy (non-hydrogen) atoms. The largest absolute Gasteiger partial charge is 0.333 e. The molecule has 0 saturated carbocycles. The van der Waals surface area contributed by atoms with Crippen LogP contribution in [0.5, 0.6) is 0 Å². The number of urea groups is 1. The highest BCUT2D eigenvalue weighted by atomic mass is 35.5. The van der Waals surface area contributed by atoms with Crippen molar-refractivity contribution in [1.82, 2.24) is 30.1 Å². The molecule has 1 aromatic heterocycles. The fraction of sp³-hybridized carbons (Fsp3) is 0.212. The Balaban J connectivity index is 1.36. The Morgan fingerprint density at radius 3 is 2.48 bits per heavy atom. The minimum absolute atomic E-state index is 0.0755. The summed E-state index contributed by atoms with van der Waals surface area (Å²) in [6.07, 6.45) is 2.64. The summed E-state index contributed by atoms with van der Waals surface area (Å²) >= 11 is 13.2. The Morgan fingerprint density at radius 2 is 1.75 bits per heavy atom. The lowest BCUT2D eigenvalue weighted by Crippen LogP contribution is -2.62. The lowest BCUT2D eigenvalue weighted by molar-refractivity contribution is -0.158. The maximum absolute atomic E-state index is 14.2. The number of hydrazine groups is 1. The van der Waals surface area contributed by atoms with Crippen LogP contribution in [0, 0.1) is 0 Å². The van der Waals surface area contributed by atoms with E-state index >= 15 is 0 Å². The summed E-state index contributed by atoms with van der Waals surface area (Å²) in [4.78, 5) is 49.3. The molecule has 2 fully saturated rings. The number of amides is 4. The lowest BCUT2D eigenvalue weighted by atomic mass is 9.99. The van der Waals surface area contributed by atoms with Gasteiger partial charge in [0.25, 0.3) is 5.91 Å². The van der Waals surface area contributed by atoms with E-state index in [1.807, 2.05) is 66.7 Å². The van der Waals surface area contributed by atoms with E-state index in [2.05, 4.69) is 16.9 Å². The summed E-state index contributed by atoms with van der Waals surface area (Å²) in [6.45, 7) is 4.53. The third-order valence-electron chi connectivity index (χ3n) is 7.95. The van der Waals surface area contributed by atoms with Crippen LogP contribution in [0.3, 0.4) is 0 Å². The Kier molecular flexibility index (Phi) is 8.52. The van der Waals surface area contributed by atoms with Gasteiger partial charge in [0.05, 0.1) is 30.2 Å². The zero-order chi connectivity index (χ0) is 30.8. The van der Waals surface area contributed by atoms with Crippen LogP contribution in [0.1, 0.15) is 22.7 Å². The summed E-state index contributed by atoms with van der Waals surface area (Å²) in [5.74, 6) is -0.500. The number of fused-ring (bicyclic) bond motifs is 2. The second-order valence-electron chi connectivity index (χ2n) is 10.6. The quantitative estimate of drug-likeness (QED) is 0.264. The van der Waals surface area contributed by atoms with Crippen molar-refractivity contribution in [3.05, 3.63) is 124 Å². The summed E-state index contributed by atoms with van der Waals surface area (Å²) in [6, 6.07) is 22.8. The van der Waals surface area contributed by atoms with Gasteiger partial charge in [0.15, 0.2) is 0 Å². The van der Waals surface area contributed by atoms with Crippen molar-refractivity contribution in [3.63, 3.8) is 0 Å². The predicted molar refractivity (Wildman–Crippen MR) is 169 cm³/mol. The second-order valence-corrected chi connectivity index (χ2v) is 11.5. The molecule has 224 valence electrons. The summed E-state index contributed by atoms with van der Waals surface area (Å²) in [7, 11) is 0. The van der Waals surface area contributed by atoms with Crippen molar-refractivity contribution in [1.29, 1.82) is 0 Å². The standard InChI is InChI=1S/C33H30Cl2N6O3/c1-2-16-39(33(44)37-18-22-10-5-3-6-11-22)40-21-29(42)41-28(40)20-38(32(43)31(41)23-12-7-4-8-13-23)19-25-27(35)17-26(34)24-14-9-15-36-30(24)25/h2-15,17,28,31H,1,16,18-21H2,(H,37,44)/t28-,31+/m1/s1. The van der Waals surface area contributed by atoms with Crippen LogP contribution in [-0.2, 0) is 22.7 Å². The number of carbonyl (C=O) groups excluding carboxylic acids is 3. The molecule has 1 N–H and O–H groups in total. The first-order chi connectivity index (χ1) is 21.4. The Morgan fingerprint density at radius 1 is 1.02 bits per heavy atom. The normalized spacial score (nSPS) is 18.4. The Bertz CT molecular complexity index is 1720. The van der Waals surface area contributed by atoms with Crippen molar-refractivity contribution in [3.8, 4) is 0 Å². The van der Waals surface area contributed by atoms with Gasteiger partial charge in [0, 0.05) is 35.3 Å². The van der Waals surface area contributed by atoms with Crippen molar-refractivity contribution in [2.45, 2.75) is 25.3 Å². The van der Waals surface area contributed by atoms with E-state index in [0.29, 0.717) is 33.2 Å². The number of hydrogen-bond acceptors (Lipinski definition) is 5. The molecule has 4 amide bonds. The first-order valence-corrected chi connectivity index (χ1v) is 15.0. The molecule has 6 rings (SSSR count). The monoisotopic (exact) mass is 628 g/mol. The van der Waals surface area contributed by atoms with Gasteiger partial charge in [0.2, 0.25) is 5.91 Å². The number of piperazine rings is 1. The molecule has 2 aliphatic rings. The number of aromatic nitrogens is 1. The maximum Gasteiger partial charge on any atom is 0.332 e. The molecule has 4 aromatic rings. The van der Waals surface area contributed by atoms with Gasteiger partial charge in [-0.1, -0.05) is 89.9 Å². The van der Waals surface area contributed by atoms with Crippen LogP contribution >= 0.6 is 23.2 Å². The highest BCUT2D eigenvalue weighted by Gasteiger charge is 2.52. The van der Waals surface area contributed by atoms with Gasteiger partial charge in [-0.2, -0.15) is 5.01 Å². The lowest BCUT2D eigenvalue weighted by Gasteiger charge is -2.46. The molecule has 0 bridgehead atoms. The molecule has 2 atom stereocenters. The third-order valence-corrected chi connectivity index (χ3v) is 8.60. The van der Waals surface area contributed by atoms with Crippen LogP contribution in [0.25, 0.3) is 10.9 Å². The second kappa shape index (κ2) is 12.7. The molecule has 11 heteroatoms. The van der Waals surface area contributed by atoms with Crippen molar-refractivity contribution >= 4 is 52.0 Å². The fourth-order valence-corrected chi connectivity index (χ4v) is 6.48. The van der Waals surface area contributed by atoms with Gasteiger partial charge < -0.3 is 15.1 Å². The van der Waals surface area contributed by atoms with Crippen LogP contribution < -0.4 is 5.32 Å². The highest BCUT2D eigenvalue weighted by Crippen LogP contribution is 2.38. The third kappa shape index (κ3) is 5.61. The summed E-state index contributed by atoms with van der Waals surface area (Å²) in [5, 5.41) is 7.75. The molecule has 3 heterocycles. The van der Waals surface area contributed by atoms with Gasteiger partial charge in [-0.3, -0.25) is 19.6 Å². The topological polar surface area (TPSA) is 89.1 Å². The fourth-order valence-electron chi connectivity index (χ4n) is 5.90. The van der Waals surface area contributed by atoms with Crippen LogP contribution in [0.4, 0.5) is 4.79 Å². The van der Waals surface area contributed by atoms with Gasteiger partial charge >= 0.3 is 6.03 Å².